The van der Waals surface area contributed by atoms with Gasteiger partial charge < -0.3 is 21.1 Å². The summed E-state index contributed by atoms with van der Waals surface area (Å²) in [6, 6.07) is 1.44. The van der Waals surface area contributed by atoms with Gasteiger partial charge >= 0.3 is 6.55 Å². The molecule has 0 saturated heterocycles. The molecule has 1 rings (SSSR count). The summed E-state index contributed by atoms with van der Waals surface area (Å²) < 4.78 is 29.2. The Balaban J connectivity index is 2.79. The molecule has 0 spiro atoms. The van der Waals surface area contributed by atoms with E-state index in [2.05, 4.69) is 10.3 Å². The van der Waals surface area contributed by atoms with Crippen molar-refractivity contribution in [2.24, 2.45) is 0 Å². The predicted octanol–water partition coefficient (Wildman–Crippen LogP) is 1.74. The second kappa shape index (κ2) is 7.91. The number of aromatic nitrogens is 1. The highest BCUT2D eigenvalue weighted by Crippen LogP contribution is 2.26. The molecule has 5 N–H and O–H groups in total. The highest BCUT2D eigenvalue weighted by molar-refractivity contribution is 6.46. The van der Waals surface area contributed by atoms with Crippen LogP contribution in [0.4, 0.5) is 20.3 Å². The van der Waals surface area contributed by atoms with E-state index in [1.54, 1.807) is 19.2 Å². The van der Waals surface area contributed by atoms with Crippen LogP contribution in [0, 0.1) is 5.41 Å². The summed E-state index contributed by atoms with van der Waals surface area (Å²) in [4.78, 5) is 15.6. The minimum absolute atomic E-state index is 0.160. The van der Waals surface area contributed by atoms with Crippen LogP contribution in [-0.2, 0) is 4.79 Å². The summed E-state index contributed by atoms with van der Waals surface area (Å²) in [6.07, 6.45) is 2.86. The van der Waals surface area contributed by atoms with Crippen LogP contribution < -0.4 is 21.1 Å². The fourth-order valence-electron chi connectivity index (χ4n) is 1.37. The van der Waals surface area contributed by atoms with E-state index in [1.165, 1.54) is 12.3 Å². The Bertz CT molecular complexity index is 576. The average Bonchev–Trinajstić information content (AvgIpc) is 2.40. The molecule has 0 atom stereocenters. The number of nitrogens with one attached hydrogen (secondary N) is 3. The second-order valence-electron chi connectivity index (χ2n) is 4.44. The zero-order chi connectivity index (χ0) is 16.7. The van der Waals surface area contributed by atoms with E-state index in [4.69, 9.17) is 15.9 Å². The maximum absolute atomic E-state index is 11.9. The van der Waals surface area contributed by atoms with E-state index in [9.17, 15) is 13.6 Å². The average molecular weight is 313 g/mol. The van der Waals surface area contributed by atoms with Crippen molar-refractivity contribution in [3.8, 4) is 5.75 Å². The van der Waals surface area contributed by atoms with E-state index >= 15 is 0 Å². The maximum Gasteiger partial charge on any atom is 0.312 e. The van der Waals surface area contributed by atoms with Crippen molar-refractivity contribution in [1.29, 1.82) is 5.41 Å². The first-order chi connectivity index (χ1) is 10.3. The summed E-state index contributed by atoms with van der Waals surface area (Å²) >= 11 is 0. The molecule has 1 aromatic heterocycles. The molecule has 0 aliphatic carbocycles. The van der Waals surface area contributed by atoms with Crippen LogP contribution in [0.1, 0.15) is 13.8 Å². The predicted molar refractivity (Wildman–Crippen MR) is 79.0 cm³/mol. The molecule has 1 aromatic rings. The highest BCUT2D eigenvalue weighted by Gasteiger charge is 2.13. The van der Waals surface area contributed by atoms with Crippen molar-refractivity contribution in [2.75, 3.05) is 11.1 Å². The van der Waals surface area contributed by atoms with Gasteiger partial charge in [-0.05, 0) is 19.9 Å². The zero-order valence-corrected chi connectivity index (χ0v) is 12.1. The molecule has 120 valence electrons. The third kappa shape index (κ3) is 5.73. The first-order valence-electron chi connectivity index (χ1n) is 6.32. The lowest BCUT2D eigenvalue weighted by atomic mass is 10.3. The van der Waals surface area contributed by atoms with Crippen LogP contribution in [0.25, 0.3) is 0 Å². The number of amides is 1. The monoisotopic (exact) mass is 313 g/mol. The third-order valence-electron chi connectivity index (χ3n) is 2.21. The molecule has 1 heterocycles. The molecule has 0 fully saturated rings. The number of nitrogens with two attached hydrogens (primary N) is 1. The molecule has 0 bridgehead atoms. The van der Waals surface area contributed by atoms with Crippen LogP contribution in [0.3, 0.4) is 0 Å². The number of ether oxygens (including phenoxy) is 1. The number of carbonyl (C=O) groups is 1. The maximum atomic E-state index is 11.9. The van der Waals surface area contributed by atoms with Crippen molar-refractivity contribution in [2.45, 2.75) is 26.5 Å². The highest BCUT2D eigenvalue weighted by atomic mass is 19.3. The molecule has 0 radical (unpaired) electrons. The van der Waals surface area contributed by atoms with Crippen LogP contribution in [0.2, 0.25) is 0 Å². The topological polar surface area (TPSA) is 113 Å². The van der Waals surface area contributed by atoms with E-state index < -0.39 is 18.2 Å². The van der Waals surface area contributed by atoms with Gasteiger partial charge in [0.15, 0.2) is 0 Å². The van der Waals surface area contributed by atoms with Crippen molar-refractivity contribution in [3.05, 3.63) is 24.5 Å². The Morgan fingerprint density at radius 2 is 2.18 bits per heavy atom. The summed E-state index contributed by atoms with van der Waals surface area (Å²) in [5.41, 5.74) is 5.27. The van der Waals surface area contributed by atoms with Gasteiger partial charge in [-0.3, -0.25) is 10.2 Å². The van der Waals surface area contributed by atoms with Crippen LogP contribution in [0.5, 0.6) is 5.75 Å². The number of rotatable bonds is 7. The molecule has 7 nitrogen and oxygen atoms in total. The number of anilines is 2. The fraction of sp³-hybridized carbons (Fsp3) is 0.308. The number of nitrogen functional groups attached to an aromatic ring is 1. The number of carbonyl (C=O) groups excluding carboxylic acids is 1. The normalized spacial score (nSPS) is 11.0. The zero-order valence-electron chi connectivity index (χ0n) is 12.1. The summed E-state index contributed by atoms with van der Waals surface area (Å²) in [7, 11) is 0. The Labute approximate surface area is 126 Å². The smallest absolute Gasteiger partial charge is 0.312 e. The van der Waals surface area contributed by atoms with Crippen molar-refractivity contribution in [3.63, 3.8) is 0 Å². The van der Waals surface area contributed by atoms with Gasteiger partial charge in [-0.15, -0.1) is 0 Å². The van der Waals surface area contributed by atoms with E-state index in [0.717, 1.165) is 12.3 Å². The number of pyridine rings is 1. The molecule has 1 amide bonds. The molecule has 0 aromatic carbocycles. The minimum atomic E-state index is -2.76. The van der Waals surface area contributed by atoms with Crippen molar-refractivity contribution in [1.82, 2.24) is 10.3 Å². The second-order valence-corrected chi connectivity index (χ2v) is 4.44. The Hall–Kier alpha value is -2.71. The lowest BCUT2D eigenvalue weighted by Crippen LogP contribution is -2.22. The molecule has 0 aliphatic heterocycles. The number of alkyl halides is 2. The summed E-state index contributed by atoms with van der Waals surface area (Å²) in [5.74, 6) is -0.282. The van der Waals surface area contributed by atoms with Gasteiger partial charge in [-0.25, -0.2) is 4.98 Å². The fourth-order valence-corrected chi connectivity index (χ4v) is 1.37. The lowest BCUT2D eigenvalue weighted by Gasteiger charge is -2.14. The van der Waals surface area contributed by atoms with E-state index in [-0.39, 0.29) is 17.6 Å². The van der Waals surface area contributed by atoms with Crippen LogP contribution in [0.15, 0.2) is 24.5 Å². The van der Waals surface area contributed by atoms with Crippen molar-refractivity contribution < 1.29 is 18.3 Å². The van der Waals surface area contributed by atoms with Crippen molar-refractivity contribution >= 4 is 23.1 Å². The first kappa shape index (κ1) is 17.3. The number of nitrogens with zero attached hydrogens (tertiary/aromatic N) is 1. The summed E-state index contributed by atoms with van der Waals surface area (Å²) in [6.45, 7) is 0.825. The Kier molecular flexibility index (Phi) is 6.24. The van der Waals surface area contributed by atoms with Gasteiger partial charge in [-0.2, -0.15) is 8.78 Å². The van der Waals surface area contributed by atoms with Gasteiger partial charge in [0, 0.05) is 12.3 Å². The number of hydrogen-bond donors (Lipinski definition) is 4. The molecular weight excluding hydrogens is 296 g/mol. The van der Waals surface area contributed by atoms with Gasteiger partial charge in [0.05, 0.1) is 12.3 Å². The molecule has 0 unspecified atom stereocenters. The SMILES string of the molecule is CC(C)Oc1cc(N)ncc1NC(=O)C(=N)/C=C\NC(F)F. The Morgan fingerprint density at radius 3 is 2.77 bits per heavy atom. The molecule has 0 aliphatic rings. The van der Waals surface area contributed by atoms with Gasteiger partial charge in [0.1, 0.15) is 23.0 Å². The third-order valence-corrected chi connectivity index (χ3v) is 2.21. The number of halogens is 2. The van der Waals surface area contributed by atoms with Crippen LogP contribution in [-0.4, -0.2) is 29.3 Å². The van der Waals surface area contributed by atoms with E-state index in [1.807, 2.05) is 0 Å². The van der Waals surface area contributed by atoms with Gasteiger partial charge in [0.2, 0.25) is 0 Å². The quantitative estimate of drug-likeness (QED) is 0.452. The largest absolute Gasteiger partial charge is 0.489 e. The Morgan fingerprint density at radius 1 is 1.50 bits per heavy atom. The molecule has 22 heavy (non-hydrogen) atoms. The van der Waals surface area contributed by atoms with Gasteiger partial charge in [0.25, 0.3) is 5.91 Å². The van der Waals surface area contributed by atoms with Crippen LogP contribution >= 0.6 is 0 Å². The van der Waals surface area contributed by atoms with E-state index in [0.29, 0.717) is 5.75 Å². The minimum Gasteiger partial charge on any atom is -0.489 e. The molecular formula is C13H17F2N5O2. The standard InChI is InChI=1S/C13H17F2N5O2/c1-7(2)22-10-5-11(17)19-6-9(10)20-12(21)8(16)3-4-18-13(14)15/h3-7,13,16,18H,1-2H3,(H2,17,19)(H,20,21)/b4-3-,16-8?. The lowest BCUT2D eigenvalue weighted by molar-refractivity contribution is -0.110. The molecule has 0 saturated carbocycles. The molecule has 9 heteroatoms. The summed E-state index contributed by atoms with van der Waals surface area (Å²) in [5, 5.41) is 11.5. The number of hydrogen-bond acceptors (Lipinski definition) is 6. The first-order valence-corrected chi connectivity index (χ1v) is 6.32. The van der Waals surface area contributed by atoms with Gasteiger partial charge in [-0.1, -0.05) is 0 Å².